The summed E-state index contributed by atoms with van der Waals surface area (Å²) in [7, 11) is 0. The topological polar surface area (TPSA) is 76.1 Å². The smallest absolute Gasteiger partial charge is 0.300 e. The highest BCUT2D eigenvalue weighted by molar-refractivity contribution is 6.51. The van der Waals surface area contributed by atoms with Crippen molar-refractivity contribution in [3.8, 4) is 11.5 Å². The van der Waals surface area contributed by atoms with Gasteiger partial charge in [-0.25, -0.2) is 0 Å². The van der Waals surface area contributed by atoms with Crippen LogP contribution in [0.1, 0.15) is 43.5 Å². The molecule has 1 unspecified atom stereocenters. The van der Waals surface area contributed by atoms with Crippen LogP contribution in [0, 0.1) is 12.8 Å². The Bertz CT molecular complexity index is 1280. The maximum absolute atomic E-state index is 13.3. The van der Waals surface area contributed by atoms with Crippen LogP contribution in [0.4, 0.5) is 5.69 Å². The van der Waals surface area contributed by atoms with E-state index in [-0.39, 0.29) is 11.3 Å². The summed E-state index contributed by atoms with van der Waals surface area (Å²) in [5.74, 6) is 0.131. The van der Waals surface area contributed by atoms with E-state index < -0.39 is 17.7 Å². The number of aryl methyl sites for hydroxylation is 1. The number of rotatable bonds is 8. The Morgan fingerprint density at radius 3 is 2.28 bits per heavy atom. The van der Waals surface area contributed by atoms with Crippen molar-refractivity contribution in [3.63, 3.8) is 0 Å². The highest BCUT2D eigenvalue weighted by atomic mass is 16.5. The number of carbonyl (C=O) groups excluding carboxylic acids is 2. The lowest BCUT2D eigenvalue weighted by atomic mass is 9.94. The van der Waals surface area contributed by atoms with E-state index in [1.165, 1.54) is 4.90 Å². The molecule has 3 aromatic rings. The zero-order valence-electron chi connectivity index (χ0n) is 21.0. The summed E-state index contributed by atoms with van der Waals surface area (Å²) in [4.78, 5) is 28.1. The SMILES string of the molecule is CCOc1ccc(N2C(=O)C(=O)/C(=C(\O)c3ccc(OCC(C)C)c(C)c3)C2c2ccccc2)cc1. The largest absolute Gasteiger partial charge is 0.507 e. The number of aliphatic hydroxyl groups excluding tert-OH is 1. The highest BCUT2D eigenvalue weighted by Gasteiger charge is 2.46. The van der Waals surface area contributed by atoms with E-state index in [1.54, 1.807) is 42.5 Å². The number of hydrogen-bond acceptors (Lipinski definition) is 5. The molecule has 1 heterocycles. The fourth-order valence-electron chi connectivity index (χ4n) is 4.29. The number of benzene rings is 3. The first-order valence-corrected chi connectivity index (χ1v) is 12.1. The van der Waals surface area contributed by atoms with Gasteiger partial charge < -0.3 is 14.6 Å². The molecule has 0 aliphatic carbocycles. The monoisotopic (exact) mass is 485 g/mol. The standard InChI is InChI=1S/C30H31NO5/c1-5-35-24-14-12-23(13-15-24)31-27(21-9-7-6-8-10-21)26(29(33)30(31)34)28(32)22-11-16-25(20(4)17-22)36-18-19(2)3/h6-17,19,27,32H,5,18H2,1-4H3/b28-26-. The summed E-state index contributed by atoms with van der Waals surface area (Å²) in [6.45, 7) is 9.03. The van der Waals surface area contributed by atoms with Crippen molar-refractivity contribution in [3.05, 3.63) is 95.1 Å². The third kappa shape index (κ3) is 4.98. The first-order chi connectivity index (χ1) is 17.3. The second-order valence-corrected chi connectivity index (χ2v) is 9.19. The lowest BCUT2D eigenvalue weighted by molar-refractivity contribution is -0.132. The van der Waals surface area contributed by atoms with Crippen LogP contribution in [0.2, 0.25) is 0 Å². The van der Waals surface area contributed by atoms with E-state index in [4.69, 9.17) is 9.47 Å². The molecule has 0 aromatic heterocycles. The molecule has 0 saturated carbocycles. The molecule has 0 spiro atoms. The number of ketones is 1. The minimum absolute atomic E-state index is 0.0512. The Balaban J connectivity index is 1.80. The molecule has 186 valence electrons. The van der Waals surface area contributed by atoms with E-state index >= 15 is 0 Å². The molecule has 1 amide bonds. The molecule has 3 aromatic carbocycles. The van der Waals surface area contributed by atoms with Crippen LogP contribution in [0.5, 0.6) is 11.5 Å². The summed E-state index contributed by atoms with van der Waals surface area (Å²) in [6.07, 6.45) is 0. The van der Waals surface area contributed by atoms with Gasteiger partial charge in [-0.2, -0.15) is 0 Å². The molecule has 1 N–H and O–H groups in total. The quantitative estimate of drug-likeness (QED) is 0.239. The summed E-state index contributed by atoms with van der Waals surface area (Å²) in [6, 6.07) is 20.8. The van der Waals surface area contributed by atoms with Crippen LogP contribution < -0.4 is 14.4 Å². The summed E-state index contributed by atoms with van der Waals surface area (Å²) in [5, 5.41) is 11.4. The second kappa shape index (κ2) is 10.7. The first kappa shape index (κ1) is 25.0. The van der Waals surface area contributed by atoms with Gasteiger partial charge >= 0.3 is 0 Å². The van der Waals surface area contributed by atoms with Crippen LogP contribution >= 0.6 is 0 Å². The molecule has 36 heavy (non-hydrogen) atoms. The van der Waals surface area contributed by atoms with Gasteiger partial charge in [-0.1, -0.05) is 44.2 Å². The van der Waals surface area contributed by atoms with Crippen LogP contribution in [0.25, 0.3) is 5.76 Å². The van der Waals surface area contributed by atoms with Gasteiger partial charge in [0.2, 0.25) is 0 Å². The number of amides is 1. The van der Waals surface area contributed by atoms with Gasteiger partial charge in [0.25, 0.3) is 11.7 Å². The van der Waals surface area contributed by atoms with Crippen molar-refractivity contribution < 1.29 is 24.2 Å². The highest BCUT2D eigenvalue weighted by Crippen LogP contribution is 2.42. The minimum atomic E-state index is -0.777. The minimum Gasteiger partial charge on any atom is -0.507 e. The number of aliphatic hydroxyl groups is 1. The molecule has 1 saturated heterocycles. The number of nitrogens with zero attached hydrogens (tertiary/aromatic N) is 1. The molecule has 1 aliphatic rings. The molecular weight excluding hydrogens is 454 g/mol. The van der Waals surface area contributed by atoms with Crippen LogP contribution in [-0.2, 0) is 9.59 Å². The van der Waals surface area contributed by atoms with E-state index in [0.29, 0.717) is 36.1 Å². The van der Waals surface area contributed by atoms with Gasteiger partial charge in [0.05, 0.1) is 24.8 Å². The van der Waals surface area contributed by atoms with Crippen molar-refractivity contribution >= 4 is 23.1 Å². The second-order valence-electron chi connectivity index (χ2n) is 9.19. The van der Waals surface area contributed by atoms with E-state index in [1.807, 2.05) is 44.2 Å². The Labute approximate surface area is 211 Å². The summed E-state index contributed by atoms with van der Waals surface area (Å²) < 4.78 is 11.4. The third-order valence-corrected chi connectivity index (χ3v) is 6.01. The van der Waals surface area contributed by atoms with Gasteiger partial charge in [-0.15, -0.1) is 0 Å². The molecule has 0 radical (unpaired) electrons. The zero-order chi connectivity index (χ0) is 25.8. The van der Waals surface area contributed by atoms with Crippen LogP contribution in [-0.4, -0.2) is 30.0 Å². The predicted molar refractivity (Wildman–Crippen MR) is 140 cm³/mol. The average Bonchev–Trinajstić information content (AvgIpc) is 3.14. The third-order valence-electron chi connectivity index (χ3n) is 6.01. The van der Waals surface area contributed by atoms with E-state index in [2.05, 4.69) is 13.8 Å². The Morgan fingerprint density at radius 1 is 0.972 bits per heavy atom. The van der Waals surface area contributed by atoms with Gasteiger partial charge in [0, 0.05) is 11.3 Å². The maximum atomic E-state index is 13.3. The number of carbonyl (C=O) groups is 2. The van der Waals surface area contributed by atoms with Gasteiger partial charge in [-0.3, -0.25) is 14.5 Å². The fourth-order valence-corrected chi connectivity index (χ4v) is 4.29. The lowest BCUT2D eigenvalue weighted by Crippen LogP contribution is -2.29. The number of Topliss-reactive ketones (excluding diaryl/α,β-unsaturated/α-hetero) is 1. The number of ether oxygens (including phenoxy) is 2. The molecule has 1 atom stereocenters. The Morgan fingerprint density at radius 2 is 1.67 bits per heavy atom. The van der Waals surface area contributed by atoms with Crippen molar-refractivity contribution in [2.45, 2.75) is 33.7 Å². The molecule has 1 aliphatic heterocycles. The van der Waals surface area contributed by atoms with Crippen LogP contribution in [0.15, 0.2) is 78.4 Å². The zero-order valence-corrected chi connectivity index (χ0v) is 21.0. The molecular formula is C30H31NO5. The first-order valence-electron chi connectivity index (χ1n) is 12.1. The maximum Gasteiger partial charge on any atom is 0.300 e. The molecule has 1 fully saturated rings. The molecule has 0 bridgehead atoms. The van der Waals surface area contributed by atoms with E-state index in [0.717, 1.165) is 16.9 Å². The van der Waals surface area contributed by atoms with Crippen molar-refractivity contribution in [1.82, 2.24) is 0 Å². The molecule has 4 rings (SSSR count). The average molecular weight is 486 g/mol. The van der Waals surface area contributed by atoms with Crippen LogP contribution in [0.3, 0.4) is 0 Å². The molecule has 6 heteroatoms. The number of anilines is 1. The summed E-state index contributed by atoms with van der Waals surface area (Å²) in [5.41, 5.74) is 2.60. The normalized spacial score (nSPS) is 17.0. The van der Waals surface area contributed by atoms with Crippen molar-refractivity contribution in [2.75, 3.05) is 18.1 Å². The predicted octanol–water partition coefficient (Wildman–Crippen LogP) is 6.05. The van der Waals surface area contributed by atoms with Crippen molar-refractivity contribution in [1.29, 1.82) is 0 Å². The van der Waals surface area contributed by atoms with Gasteiger partial charge in [0.1, 0.15) is 17.3 Å². The van der Waals surface area contributed by atoms with E-state index in [9.17, 15) is 14.7 Å². The Kier molecular flexibility index (Phi) is 7.44. The van der Waals surface area contributed by atoms with Gasteiger partial charge in [0.15, 0.2) is 0 Å². The van der Waals surface area contributed by atoms with Gasteiger partial charge in [-0.05, 0) is 73.4 Å². The fraction of sp³-hybridized carbons (Fsp3) is 0.267. The Hall–Kier alpha value is -4.06. The lowest BCUT2D eigenvalue weighted by Gasteiger charge is -2.25. The van der Waals surface area contributed by atoms with Crippen molar-refractivity contribution in [2.24, 2.45) is 5.92 Å². The number of hydrogen-bond donors (Lipinski definition) is 1. The molecule has 6 nitrogen and oxygen atoms in total. The summed E-state index contributed by atoms with van der Waals surface area (Å²) >= 11 is 0.